The van der Waals surface area contributed by atoms with E-state index >= 15 is 0 Å². The molecule has 0 aliphatic carbocycles. The molecule has 4 aromatic rings. The van der Waals surface area contributed by atoms with Crippen molar-refractivity contribution in [2.75, 3.05) is 13.4 Å². The van der Waals surface area contributed by atoms with Crippen LogP contribution >= 0.6 is 15.9 Å². The summed E-state index contributed by atoms with van der Waals surface area (Å²) in [6, 6.07) is 13.5. The number of hydrogen-bond donors (Lipinski definition) is 0. The van der Waals surface area contributed by atoms with Gasteiger partial charge in [-0.15, -0.1) is 0 Å². The van der Waals surface area contributed by atoms with Crippen LogP contribution < -0.4 is 24.5 Å². The number of hydrogen-bond acceptors (Lipinski definition) is 9. The predicted molar refractivity (Wildman–Crippen MR) is 152 cm³/mol. The number of ether oxygens (including phenoxy) is 4. The second-order valence-electron chi connectivity index (χ2n) is 9.18. The molecule has 0 N–H and O–H groups in total. The first kappa shape index (κ1) is 27.1. The molecule has 0 spiro atoms. The molecular weight excluding hydrogens is 584 g/mol. The van der Waals surface area contributed by atoms with Crippen LogP contribution in [-0.2, 0) is 6.61 Å². The van der Waals surface area contributed by atoms with Gasteiger partial charge in [0.15, 0.2) is 17.2 Å². The minimum Gasteiger partial charge on any atom is -0.490 e. The van der Waals surface area contributed by atoms with E-state index in [1.165, 1.54) is 17.0 Å². The predicted octanol–water partition coefficient (Wildman–Crippen LogP) is 5.78. The summed E-state index contributed by atoms with van der Waals surface area (Å²) in [4.78, 5) is 29.5. The van der Waals surface area contributed by atoms with Gasteiger partial charge in [0, 0.05) is 22.0 Å². The Morgan fingerprint density at radius 2 is 1.95 bits per heavy atom. The van der Waals surface area contributed by atoms with E-state index in [2.05, 4.69) is 26.0 Å². The maximum Gasteiger partial charge on any atom is 0.315 e. The molecule has 3 aromatic carbocycles. The molecule has 0 atom stereocenters. The smallest absolute Gasteiger partial charge is 0.315 e. The molecule has 1 aliphatic rings. The first-order valence-electron chi connectivity index (χ1n) is 12.5. The lowest BCUT2D eigenvalue weighted by molar-refractivity contribution is -0.386. The van der Waals surface area contributed by atoms with Gasteiger partial charge in [-0.05, 0) is 48.9 Å². The van der Waals surface area contributed by atoms with Crippen molar-refractivity contribution in [1.82, 2.24) is 9.66 Å². The first-order chi connectivity index (χ1) is 19.2. The maximum absolute atomic E-state index is 13.3. The molecule has 0 radical (unpaired) electrons. The van der Waals surface area contributed by atoms with E-state index in [1.807, 2.05) is 19.9 Å². The Morgan fingerprint density at radius 1 is 1.15 bits per heavy atom. The van der Waals surface area contributed by atoms with E-state index in [4.69, 9.17) is 18.9 Å². The van der Waals surface area contributed by atoms with Crippen molar-refractivity contribution in [3.8, 4) is 23.0 Å². The molecule has 12 heteroatoms. The number of rotatable bonds is 9. The molecule has 0 saturated heterocycles. The quantitative estimate of drug-likeness (QED) is 0.133. The fourth-order valence-corrected chi connectivity index (χ4v) is 4.55. The van der Waals surface area contributed by atoms with E-state index in [9.17, 15) is 14.9 Å². The van der Waals surface area contributed by atoms with Crippen molar-refractivity contribution in [2.45, 2.75) is 33.3 Å². The van der Waals surface area contributed by atoms with Gasteiger partial charge in [-0.2, -0.15) is 9.78 Å². The topological polar surface area (TPSA) is 127 Å². The lowest BCUT2D eigenvalue weighted by Gasteiger charge is -2.14. The van der Waals surface area contributed by atoms with Gasteiger partial charge >= 0.3 is 5.69 Å². The zero-order valence-corrected chi connectivity index (χ0v) is 23.5. The van der Waals surface area contributed by atoms with Crippen LogP contribution in [0.4, 0.5) is 5.69 Å². The van der Waals surface area contributed by atoms with Gasteiger partial charge in [0.05, 0.1) is 28.6 Å². The third-order valence-corrected chi connectivity index (χ3v) is 6.54. The molecule has 0 saturated carbocycles. The van der Waals surface area contributed by atoms with Crippen molar-refractivity contribution in [3.05, 3.63) is 90.4 Å². The highest BCUT2D eigenvalue weighted by Gasteiger charge is 2.23. The van der Waals surface area contributed by atoms with Crippen LogP contribution in [0.5, 0.6) is 23.0 Å². The Morgan fingerprint density at radius 3 is 2.70 bits per heavy atom. The average molecular weight is 609 g/mol. The lowest BCUT2D eigenvalue weighted by Crippen LogP contribution is -2.23. The minimum absolute atomic E-state index is 0.0149. The molecule has 0 unspecified atom stereocenters. The summed E-state index contributed by atoms with van der Waals surface area (Å²) in [6.45, 7) is 6.00. The summed E-state index contributed by atoms with van der Waals surface area (Å²) >= 11 is 3.39. The van der Waals surface area contributed by atoms with Gasteiger partial charge in [0.2, 0.25) is 12.5 Å². The third kappa shape index (κ3) is 5.48. The van der Waals surface area contributed by atoms with E-state index in [-0.39, 0.29) is 48.7 Å². The van der Waals surface area contributed by atoms with Crippen LogP contribution in [0, 0.1) is 10.1 Å². The van der Waals surface area contributed by atoms with E-state index in [0.29, 0.717) is 33.8 Å². The molecule has 5 rings (SSSR count). The zero-order chi connectivity index (χ0) is 28.4. The Balaban J connectivity index is 1.52. The second kappa shape index (κ2) is 11.3. The van der Waals surface area contributed by atoms with E-state index in [0.717, 1.165) is 10.0 Å². The van der Waals surface area contributed by atoms with Gasteiger partial charge in [-0.1, -0.05) is 35.8 Å². The highest BCUT2D eigenvalue weighted by atomic mass is 79.9. The third-order valence-electron chi connectivity index (χ3n) is 6.05. The van der Waals surface area contributed by atoms with E-state index in [1.54, 1.807) is 43.3 Å². The number of nitro groups is 1. The standard InChI is InChI=1S/C28H25BrN4O7/c1-4-37-25-11-18(13-30-32-27(16(2)3)31-21-7-6-19(29)12-20(21)28(32)34)9-22(33(35)36)26(25)38-14-17-5-8-23-24(10-17)40-15-39-23/h5-13,16H,4,14-15H2,1-3H3. The van der Waals surface area contributed by atoms with Crippen molar-refractivity contribution in [1.29, 1.82) is 0 Å². The maximum atomic E-state index is 13.3. The fourth-order valence-electron chi connectivity index (χ4n) is 4.19. The second-order valence-corrected chi connectivity index (χ2v) is 10.1. The van der Waals surface area contributed by atoms with Crippen molar-refractivity contribution in [3.63, 3.8) is 0 Å². The summed E-state index contributed by atoms with van der Waals surface area (Å²) in [5.74, 6) is 1.72. The van der Waals surface area contributed by atoms with Gasteiger partial charge in [-0.3, -0.25) is 14.9 Å². The van der Waals surface area contributed by atoms with Crippen LogP contribution in [0.3, 0.4) is 0 Å². The Labute approximate surface area is 237 Å². The number of benzene rings is 3. The van der Waals surface area contributed by atoms with Crippen LogP contribution in [0.2, 0.25) is 0 Å². The fraction of sp³-hybridized carbons (Fsp3) is 0.250. The molecule has 0 fully saturated rings. The summed E-state index contributed by atoms with van der Waals surface area (Å²) in [6.07, 6.45) is 1.37. The van der Waals surface area contributed by atoms with Crippen molar-refractivity contribution in [2.24, 2.45) is 5.10 Å². The molecule has 2 heterocycles. The molecule has 0 bridgehead atoms. The number of halogens is 1. The van der Waals surface area contributed by atoms with Crippen LogP contribution in [-0.4, -0.2) is 34.2 Å². The number of nitrogens with zero attached hydrogens (tertiary/aromatic N) is 4. The normalized spacial score (nSPS) is 12.4. The molecular formula is C28H25BrN4O7. The molecule has 1 aromatic heterocycles. The Bertz CT molecular complexity index is 1700. The SMILES string of the molecule is CCOc1cc(C=Nn2c(C(C)C)nc3ccc(Br)cc3c2=O)cc([N+](=O)[O-])c1OCc1ccc2c(c1)OCO2. The minimum atomic E-state index is -0.546. The summed E-state index contributed by atoms with van der Waals surface area (Å²) in [7, 11) is 0. The van der Waals surface area contributed by atoms with Crippen LogP contribution in [0.1, 0.15) is 43.6 Å². The largest absolute Gasteiger partial charge is 0.490 e. The lowest BCUT2D eigenvalue weighted by atomic mass is 10.1. The van der Waals surface area contributed by atoms with Crippen LogP contribution in [0.25, 0.3) is 10.9 Å². The summed E-state index contributed by atoms with van der Waals surface area (Å²) in [5.41, 5.74) is 0.991. The first-order valence-corrected chi connectivity index (χ1v) is 13.3. The molecule has 1 aliphatic heterocycles. The summed E-state index contributed by atoms with van der Waals surface area (Å²) < 4.78 is 24.3. The number of nitro benzene ring substituents is 1. The highest BCUT2D eigenvalue weighted by Crippen LogP contribution is 2.39. The highest BCUT2D eigenvalue weighted by molar-refractivity contribution is 9.10. The van der Waals surface area contributed by atoms with Gasteiger partial charge < -0.3 is 18.9 Å². The van der Waals surface area contributed by atoms with Crippen LogP contribution in [0.15, 0.2) is 62.9 Å². The average Bonchev–Trinajstić information content (AvgIpc) is 3.40. The molecule has 40 heavy (non-hydrogen) atoms. The zero-order valence-electron chi connectivity index (χ0n) is 21.9. The Kier molecular flexibility index (Phi) is 7.69. The van der Waals surface area contributed by atoms with Crippen molar-refractivity contribution >= 4 is 38.7 Å². The molecule has 0 amide bonds. The molecule has 11 nitrogen and oxygen atoms in total. The Hall–Kier alpha value is -4.45. The van der Waals surface area contributed by atoms with Gasteiger partial charge in [0.25, 0.3) is 5.56 Å². The summed E-state index contributed by atoms with van der Waals surface area (Å²) in [5, 5.41) is 16.8. The number of fused-ring (bicyclic) bond motifs is 2. The number of aromatic nitrogens is 2. The molecule has 206 valence electrons. The van der Waals surface area contributed by atoms with Gasteiger partial charge in [-0.25, -0.2) is 4.98 Å². The van der Waals surface area contributed by atoms with Gasteiger partial charge in [0.1, 0.15) is 12.4 Å². The van der Waals surface area contributed by atoms with E-state index < -0.39 is 4.92 Å². The van der Waals surface area contributed by atoms with Crippen molar-refractivity contribution < 1.29 is 23.9 Å². The monoisotopic (exact) mass is 608 g/mol.